The average molecular weight is 672 g/mol. The summed E-state index contributed by atoms with van der Waals surface area (Å²) in [6, 6.07) is 18.7. The predicted molar refractivity (Wildman–Crippen MR) is 181 cm³/mol. The minimum atomic E-state index is -1.01. The first kappa shape index (κ1) is 33.2. The van der Waals surface area contributed by atoms with Crippen LogP contribution in [0.25, 0.3) is 33.6 Å². The summed E-state index contributed by atoms with van der Waals surface area (Å²) < 4.78 is 8.71. The molecule has 0 spiro atoms. The van der Waals surface area contributed by atoms with E-state index < -0.39 is 5.60 Å². The molecule has 0 radical (unpaired) electrons. The number of fused-ring (bicyclic) bond motifs is 1. The largest absolute Gasteiger partial charge is 0.464 e. The lowest BCUT2D eigenvalue weighted by Gasteiger charge is -2.38. The van der Waals surface area contributed by atoms with Crippen LogP contribution in [0.5, 0.6) is 0 Å². The lowest BCUT2D eigenvalue weighted by Crippen LogP contribution is -2.47. The molecule has 2 fully saturated rings. The van der Waals surface area contributed by atoms with Gasteiger partial charge in [0.2, 0.25) is 0 Å². The van der Waals surface area contributed by atoms with Gasteiger partial charge in [0, 0.05) is 55.4 Å². The van der Waals surface area contributed by atoms with Crippen molar-refractivity contribution in [2.24, 2.45) is 7.05 Å². The number of likely N-dealkylation sites (tertiary alicyclic amines) is 1. The van der Waals surface area contributed by atoms with E-state index in [1.165, 1.54) is 23.0 Å². The Balaban J connectivity index is 0.00000200. The van der Waals surface area contributed by atoms with Crippen molar-refractivity contribution in [3.8, 4) is 22.6 Å². The van der Waals surface area contributed by atoms with Crippen LogP contribution in [0.4, 0.5) is 0 Å². The normalized spacial score (nSPS) is 16.3. The van der Waals surface area contributed by atoms with Crippen molar-refractivity contribution in [2.45, 2.75) is 57.0 Å². The van der Waals surface area contributed by atoms with Crippen LogP contribution < -0.4 is 10.9 Å². The molecular formula is C33H37Cl3N6O3. The van der Waals surface area contributed by atoms with Gasteiger partial charge in [-0.25, -0.2) is 4.98 Å². The minimum Gasteiger partial charge on any atom is -0.464 e. The van der Waals surface area contributed by atoms with Crippen LogP contribution in [0.15, 0.2) is 76.4 Å². The number of rotatable bonds is 9. The quantitative estimate of drug-likeness (QED) is 0.203. The predicted octanol–water partition coefficient (Wildman–Crippen LogP) is 5.83. The fourth-order valence-corrected chi connectivity index (χ4v) is 6.22. The second kappa shape index (κ2) is 13.7. The van der Waals surface area contributed by atoms with E-state index in [1.54, 1.807) is 17.3 Å². The zero-order valence-corrected chi connectivity index (χ0v) is 27.4. The Labute approximate surface area is 279 Å². The molecule has 2 aromatic carbocycles. The van der Waals surface area contributed by atoms with Gasteiger partial charge in [0.25, 0.3) is 5.56 Å². The van der Waals surface area contributed by atoms with Gasteiger partial charge in [0.15, 0.2) is 5.52 Å². The molecule has 238 valence electrons. The number of aliphatic hydroxyl groups is 1. The molecule has 0 bridgehead atoms. The van der Waals surface area contributed by atoms with E-state index in [-0.39, 0.29) is 36.9 Å². The molecule has 1 saturated heterocycles. The Bertz CT molecular complexity index is 1810. The minimum absolute atomic E-state index is 0. The molecule has 0 atom stereocenters. The molecule has 45 heavy (non-hydrogen) atoms. The first-order valence-corrected chi connectivity index (χ1v) is 15.2. The first-order valence-electron chi connectivity index (χ1n) is 14.9. The van der Waals surface area contributed by atoms with E-state index in [4.69, 9.17) is 16.0 Å². The number of aryl methyl sites for hydroxylation is 1. The molecule has 4 heterocycles. The van der Waals surface area contributed by atoms with E-state index in [1.807, 2.05) is 37.4 Å². The molecule has 12 heteroatoms. The molecule has 2 aliphatic rings. The first-order chi connectivity index (χ1) is 20.8. The van der Waals surface area contributed by atoms with Gasteiger partial charge in [-0.1, -0.05) is 48.0 Å². The molecular weight excluding hydrogens is 635 g/mol. The highest BCUT2D eigenvalue weighted by Crippen LogP contribution is 2.30. The third-order valence-electron chi connectivity index (χ3n) is 8.72. The average Bonchev–Trinajstić information content (AvgIpc) is 3.54. The number of hydrogen-bond acceptors (Lipinski definition) is 7. The van der Waals surface area contributed by atoms with E-state index in [0.29, 0.717) is 54.6 Å². The van der Waals surface area contributed by atoms with Gasteiger partial charge in [-0.15, -0.1) is 24.8 Å². The Morgan fingerprint density at radius 3 is 2.44 bits per heavy atom. The van der Waals surface area contributed by atoms with Crippen molar-refractivity contribution in [1.82, 2.24) is 29.5 Å². The summed E-state index contributed by atoms with van der Waals surface area (Å²) in [7, 11) is 1.84. The zero-order chi connectivity index (χ0) is 29.6. The summed E-state index contributed by atoms with van der Waals surface area (Å²) in [5, 5.41) is 20.2. The van der Waals surface area contributed by atoms with Crippen LogP contribution in [0, 0.1) is 0 Å². The third-order valence-corrected chi connectivity index (χ3v) is 9.07. The van der Waals surface area contributed by atoms with Crippen LogP contribution in [0.1, 0.15) is 36.8 Å². The number of hydrogen-bond donors (Lipinski definition) is 2. The second-order valence-corrected chi connectivity index (χ2v) is 12.4. The molecule has 0 amide bonds. The summed E-state index contributed by atoms with van der Waals surface area (Å²) >= 11 is 6.60. The Hall–Kier alpha value is -3.18. The number of nitrogens with one attached hydrogen (secondary N) is 1. The number of furan rings is 1. The molecule has 1 aliphatic heterocycles. The lowest BCUT2D eigenvalue weighted by molar-refractivity contribution is -0.0364. The third kappa shape index (κ3) is 7.14. The summed E-state index contributed by atoms with van der Waals surface area (Å²) in [6.07, 6.45) is 6.79. The van der Waals surface area contributed by atoms with Crippen LogP contribution in [-0.2, 0) is 26.7 Å². The standard InChI is InChI=1S/C33H35ClN6O3.2ClH/c1-38-31(23-6-4-22(5-7-23)18-35-26-10-11-26)29-30(37-38)32(41)40(21-36-29)20-33(42)12-14-39(15-13-33)19-25-9-8-24(17-27(25)34)28-3-2-16-43-28;;/h2-9,16-17,21,26,35,42H,10-15,18-20H2,1H3;2*1H. The van der Waals surface area contributed by atoms with Gasteiger partial charge in [-0.3, -0.25) is 18.9 Å². The van der Waals surface area contributed by atoms with Crippen molar-refractivity contribution in [3.63, 3.8) is 0 Å². The second-order valence-electron chi connectivity index (χ2n) is 12.0. The number of benzene rings is 2. The van der Waals surface area contributed by atoms with Gasteiger partial charge in [-0.05, 0) is 55.0 Å². The smallest absolute Gasteiger partial charge is 0.281 e. The van der Waals surface area contributed by atoms with E-state index in [0.717, 1.165) is 34.7 Å². The molecule has 0 unspecified atom stereocenters. The molecule has 9 nitrogen and oxygen atoms in total. The number of piperidine rings is 1. The van der Waals surface area contributed by atoms with Crippen LogP contribution in [0.3, 0.4) is 0 Å². The fraction of sp³-hybridized carbons (Fsp3) is 0.364. The summed E-state index contributed by atoms with van der Waals surface area (Å²) in [6.45, 7) is 3.10. The van der Waals surface area contributed by atoms with Crippen molar-refractivity contribution in [1.29, 1.82) is 0 Å². The number of halogens is 3. The molecule has 1 saturated carbocycles. The van der Waals surface area contributed by atoms with E-state index >= 15 is 0 Å². The maximum atomic E-state index is 13.5. The monoisotopic (exact) mass is 670 g/mol. The van der Waals surface area contributed by atoms with E-state index in [9.17, 15) is 9.90 Å². The van der Waals surface area contributed by atoms with Gasteiger partial charge in [0.1, 0.15) is 11.3 Å². The maximum Gasteiger partial charge on any atom is 0.281 e. The summed E-state index contributed by atoms with van der Waals surface area (Å²) in [5.41, 5.74) is 4.61. The van der Waals surface area contributed by atoms with Crippen molar-refractivity contribution in [2.75, 3.05) is 13.1 Å². The molecule has 5 aromatic rings. The molecule has 1 aliphatic carbocycles. The van der Waals surface area contributed by atoms with E-state index in [2.05, 4.69) is 44.6 Å². The molecule has 2 N–H and O–H groups in total. The fourth-order valence-electron chi connectivity index (χ4n) is 5.98. The zero-order valence-electron chi connectivity index (χ0n) is 25.0. The lowest BCUT2D eigenvalue weighted by atomic mass is 9.91. The van der Waals surface area contributed by atoms with Gasteiger partial charge in [0.05, 0.1) is 30.4 Å². The van der Waals surface area contributed by atoms with Crippen LogP contribution >= 0.6 is 36.4 Å². The highest BCUT2D eigenvalue weighted by Gasteiger charge is 2.33. The summed E-state index contributed by atoms with van der Waals surface area (Å²) in [5.74, 6) is 0.784. The Kier molecular flexibility index (Phi) is 10.1. The SMILES string of the molecule is Cl.Cl.Cn1nc2c(=O)n(CC3(O)CCN(Cc4ccc(-c5ccco5)cc4Cl)CC3)cnc2c1-c1ccc(CNC2CC2)cc1. The highest BCUT2D eigenvalue weighted by molar-refractivity contribution is 6.31. The highest BCUT2D eigenvalue weighted by atomic mass is 35.5. The van der Waals surface area contributed by atoms with Crippen molar-refractivity contribution in [3.05, 3.63) is 93.7 Å². The topological polar surface area (TPSA) is 101 Å². The van der Waals surface area contributed by atoms with Crippen molar-refractivity contribution < 1.29 is 9.52 Å². The van der Waals surface area contributed by atoms with Crippen LogP contribution in [0.2, 0.25) is 5.02 Å². The summed E-state index contributed by atoms with van der Waals surface area (Å²) in [4.78, 5) is 20.4. The maximum absolute atomic E-state index is 13.5. The Morgan fingerprint density at radius 2 is 1.78 bits per heavy atom. The number of aromatic nitrogens is 4. The Morgan fingerprint density at radius 1 is 1.04 bits per heavy atom. The van der Waals surface area contributed by atoms with Crippen molar-refractivity contribution >= 4 is 47.4 Å². The van der Waals surface area contributed by atoms with Gasteiger partial charge in [-0.2, -0.15) is 5.10 Å². The molecule has 3 aromatic heterocycles. The van der Waals surface area contributed by atoms with Gasteiger partial charge >= 0.3 is 0 Å². The van der Waals surface area contributed by atoms with Gasteiger partial charge < -0.3 is 14.8 Å². The van der Waals surface area contributed by atoms with Crippen LogP contribution in [-0.4, -0.2) is 54.1 Å². The number of nitrogens with zero attached hydrogens (tertiary/aromatic N) is 5. The molecule has 7 rings (SSSR count).